The van der Waals surface area contributed by atoms with Crippen molar-refractivity contribution in [3.05, 3.63) is 12.2 Å². The first-order valence-electron chi connectivity index (χ1n) is 9.30. The molecular formula is C17H33IN6O. The summed E-state index contributed by atoms with van der Waals surface area (Å²) in [5.74, 6) is 2.49. The van der Waals surface area contributed by atoms with Gasteiger partial charge in [-0.2, -0.15) is 0 Å². The van der Waals surface area contributed by atoms with Crippen LogP contribution in [0, 0.1) is 5.92 Å². The monoisotopic (exact) mass is 464 g/mol. The van der Waals surface area contributed by atoms with E-state index in [9.17, 15) is 0 Å². The molecule has 1 unspecified atom stereocenters. The lowest BCUT2D eigenvalue weighted by molar-refractivity contribution is 0.187. The number of halogens is 1. The van der Waals surface area contributed by atoms with Crippen molar-refractivity contribution in [2.24, 2.45) is 10.9 Å². The minimum Gasteiger partial charge on any atom is -0.381 e. The van der Waals surface area contributed by atoms with Gasteiger partial charge in [0.25, 0.3) is 0 Å². The molecule has 7 nitrogen and oxygen atoms in total. The van der Waals surface area contributed by atoms with Gasteiger partial charge in [0.1, 0.15) is 12.2 Å². The van der Waals surface area contributed by atoms with Gasteiger partial charge in [0.05, 0.1) is 6.61 Å². The molecular weight excluding hydrogens is 431 g/mol. The quantitative estimate of drug-likeness (QED) is 0.240. The van der Waals surface area contributed by atoms with E-state index in [4.69, 9.17) is 9.73 Å². The summed E-state index contributed by atoms with van der Waals surface area (Å²) in [6.07, 6.45) is 7.47. The van der Waals surface area contributed by atoms with Gasteiger partial charge in [-0.1, -0.05) is 26.7 Å². The number of guanidine groups is 1. The van der Waals surface area contributed by atoms with Crippen molar-refractivity contribution >= 4 is 29.9 Å². The molecule has 25 heavy (non-hydrogen) atoms. The summed E-state index contributed by atoms with van der Waals surface area (Å²) in [5.41, 5.74) is 0. The zero-order valence-corrected chi connectivity index (χ0v) is 17.9. The fourth-order valence-corrected chi connectivity index (χ4v) is 2.74. The molecule has 1 fully saturated rings. The van der Waals surface area contributed by atoms with Crippen LogP contribution in [0.4, 0.5) is 0 Å². The molecule has 0 aliphatic carbocycles. The van der Waals surface area contributed by atoms with Crippen LogP contribution in [0.3, 0.4) is 0 Å². The van der Waals surface area contributed by atoms with Gasteiger partial charge in [-0.3, -0.25) is 4.99 Å². The maximum atomic E-state index is 5.43. The molecule has 0 aromatic carbocycles. The van der Waals surface area contributed by atoms with Crippen molar-refractivity contribution in [3.8, 4) is 0 Å². The molecule has 1 aliphatic heterocycles. The lowest BCUT2D eigenvalue weighted by atomic mass is 10.1. The van der Waals surface area contributed by atoms with Gasteiger partial charge >= 0.3 is 0 Å². The lowest BCUT2D eigenvalue weighted by Crippen LogP contribution is -2.40. The number of nitrogens with one attached hydrogen (secondary N) is 2. The summed E-state index contributed by atoms with van der Waals surface area (Å²) in [5, 5.41) is 15.0. The molecule has 1 saturated heterocycles. The summed E-state index contributed by atoms with van der Waals surface area (Å²) in [6, 6.07) is 0. The Kier molecular flexibility index (Phi) is 11.8. The molecule has 0 amide bonds. The van der Waals surface area contributed by atoms with Gasteiger partial charge in [-0.25, -0.2) is 0 Å². The first-order valence-corrected chi connectivity index (χ1v) is 9.30. The third kappa shape index (κ3) is 8.35. The predicted molar refractivity (Wildman–Crippen MR) is 112 cm³/mol. The van der Waals surface area contributed by atoms with E-state index in [0.29, 0.717) is 5.92 Å². The highest BCUT2D eigenvalue weighted by Gasteiger charge is 2.15. The largest absolute Gasteiger partial charge is 0.381 e. The van der Waals surface area contributed by atoms with Crippen molar-refractivity contribution in [2.75, 3.05) is 32.8 Å². The van der Waals surface area contributed by atoms with Crippen molar-refractivity contribution in [1.29, 1.82) is 0 Å². The number of aromatic nitrogens is 3. The molecule has 8 heteroatoms. The standard InChI is InChI=1S/C17H32N6O.HI/c1-3-5-6-8-18-17(20-12-15-7-11-24-13-15)19-9-10-23-14-21-22-16(23)4-2;/h14-15H,3-13H2,1-2H3,(H2,18,19,20);1H. The second-order valence-electron chi connectivity index (χ2n) is 6.27. The Bertz CT molecular complexity index is 487. The van der Waals surface area contributed by atoms with E-state index in [0.717, 1.165) is 64.0 Å². The normalized spacial score (nSPS) is 17.4. The molecule has 0 saturated carbocycles. The van der Waals surface area contributed by atoms with E-state index in [1.807, 2.05) is 0 Å². The SMILES string of the molecule is CCCCCNC(=NCC1CCOC1)NCCn1cnnc1CC.I. The van der Waals surface area contributed by atoms with E-state index in [1.165, 1.54) is 19.3 Å². The Labute approximate surface area is 168 Å². The summed E-state index contributed by atoms with van der Waals surface area (Å²) >= 11 is 0. The predicted octanol–water partition coefficient (Wildman–Crippen LogP) is 2.22. The Morgan fingerprint density at radius 3 is 2.88 bits per heavy atom. The molecule has 2 N–H and O–H groups in total. The molecule has 0 radical (unpaired) electrons. The second-order valence-corrected chi connectivity index (χ2v) is 6.27. The highest BCUT2D eigenvalue weighted by Crippen LogP contribution is 2.11. The van der Waals surface area contributed by atoms with Gasteiger partial charge in [0.2, 0.25) is 0 Å². The Hall–Kier alpha value is -0.900. The van der Waals surface area contributed by atoms with Crippen molar-refractivity contribution in [1.82, 2.24) is 25.4 Å². The number of hydrogen-bond acceptors (Lipinski definition) is 4. The van der Waals surface area contributed by atoms with Crippen molar-refractivity contribution < 1.29 is 4.74 Å². The fourth-order valence-electron chi connectivity index (χ4n) is 2.74. The average molecular weight is 464 g/mol. The van der Waals surface area contributed by atoms with Crippen LogP contribution in [0.25, 0.3) is 0 Å². The van der Waals surface area contributed by atoms with Gasteiger partial charge in [0.15, 0.2) is 5.96 Å². The summed E-state index contributed by atoms with van der Waals surface area (Å²) < 4.78 is 7.52. The molecule has 1 atom stereocenters. The van der Waals surface area contributed by atoms with E-state index in [2.05, 4.69) is 39.2 Å². The molecule has 2 rings (SSSR count). The molecule has 1 aromatic heterocycles. The van der Waals surface area contributed by atoms with Crippen LogP contribution in [0.5, 0.6) is 0 Å². The smallest absolute Gasteiger partial charge is 0.191 e. The highest BCUT2D eigenvalue weighted by atomic mass is 127. The molecule has 2 heterocycles. The van der Waals surface area contributed by atoms with E-state index in [1.54, 1.807) is 6.33 Å². The van der Waals surface area contributed by atoms with E-state index >= 15 is 0 Å². The third-order valence-corrected chi connectivity index (χ3v) is 4.26. The number of aliphatic imine (C=N–C) groups is 1. The van der Waals surface area contributed by atoms with E-state index in [-0.39, 0.29) is 24.0 Å². The number of rotatable bonds is 10. The average Bonchev–Trinajstić information content (AvgIpc) is 3.27. The molecule has 0 spiro atoms. The van der Waals surface area contributed by atoms with Crippen LogP contribution in [0.15, 0.2) is 11.3 Å². The van der Waals surface area contributed by atoms with Crippen LogP contribution >= 0.6 is 24.0 Å². The zero-order chi connectivity index (χ0) is 17.0. The van der Waals surface area contributed by atoms with Crippen molar-refractivity contribution in [3.63, 3.8) is 0 Å². The van der Waals surface area contributed by atoms with Crippen LogP contribution in [-0.4, -0.2) is 53.6 Å². The number of nitrogens with zero attached hydrogens (tertiary/aromatic N) is 4. The molecule has 1 aromatic rings. The Balaban J connectivity index is 0.00000312. The summed E-state index contributed by atoms with van der Waals surface area (Å²) in [7, 11) is 0. The van der Waals surface area contributed by atoms with Gasteiger partial charge in [-0.15, -0.1) is 34.2 Å². The second kappa shape index (κ2) is 13.3. The maximum Gasteiger partial charge on any atom is 0.191 e. The lowest BCUT2D eigenvalue weighted by Gasteiger charge is -2.14. The van der Waals surface area contributed by atoms with Crippen LogP contribution < -0.4 is 10.6 Å². The Morgan fingerprint density at radius 1 is 1.32 bits per heavy atom. The zero-order valence-electron chi connectivity index (χ0n) is 15.5. The van der Waals surface area contributed by atoms with Crippen LogP contribution in [0.2, 0.25) is 0 Å². The first kappa shape index (κ1) is 22.1. The first-order chi connectivity index (χ1) is 11.8. The third-order valence-electron chi connectivity index (χ3n) is 4.26. The van der Waals surface area contributed by atoms with Gasteiger partial charge in [0, 0.05) is 45.1 Å². The highest BCUT2D eigenvalue weighted by molar-refractivity contribution is 14.0. The summed E-state index contributed by atoms with van der Waals surface area (Å²) in [6.45, 7) is 9.49. The minimum absolute atomic E-state index is 0. The van der Waals surface area contributed by atoms with Crippen LogP contribution in [-0.2, 0) is 17.7 Å². The Morgan fingerprint density at radius 2 is 2.16 bits per heavy atom. The maximum absolute atomic E-state index is 5.43. The van der Waals surface area contributed by atoms with Crippen LogP contribution in [0.1, 0.15) is 45.4 Å². The number of hydrogen-bond donors (Lipinski definition) is 2. The van der Waals surface area contributed by atoms with Gasteiger partial charge in [-0.05, 0) is 12.8 Å². The number of ether oxygens (including phenoxy) is 1. The molecule has 144 valence electrons. The topological polar surface area (TPSA) is 76.4 Å². The fraction of sp³-hybridized carbons (Fsp3) is 0.824. The molecule has 1 aliphatic rings. The number of aryl methyl sites for hydroxylation is 1. The van der Waals surface area contributed by atoms with Gasteiger partial charge < -0.3 is 19.9 Å². The van der Waals surface area contributed by atoms with Crippen molar-refractivity contribution in [2.45, 2.75) is 52.5 Å². The molecule has 0 bridgehead atoms. The number of unbranched alkanes of at least 4 members (excludes halogenated alkanes) is 2. The van der Waals surface area contributed by atoms with E-state index < -0.39 is 0 Å². The summed E-state index contributed by atoms with van der Waals surface area (Å²) in [4.78, 5) is 4.74. The minimum atomic E-state index is 0.